The Hall–Kier alpha value is -1.55. The number of rotatable bonds is 34. The maximum atomic E-state index is 12.3. The van der Waals surface area contributed by atoms with Crippen molar-refractivity contribution in [2.24, 2.45) is 0 Å². The summed E-state index contributed by atoms with van der Waals surface area (Å²) in [5.74, 6) is -1.04. The number of carbonyl (C=O) groups excluding carboxylic acids is 2. The third kappa shape index (κ3) is 31.5. The van der Waals surface area contributed by atoms with Gasteiger partial charge in [-0.2, -0.15) is 0 Å². The van der Waals surface area contributed by atoms with Crippen LogP contribution in [0.4, 0.5) is 0 Å². The van der Waals surface area contributed by atoms with Crippen LogP contribution in [-0.4, -0.2) is 65.7 Å². The van der Waals surface area contributed by atoms with E-state index in [1.165, 1.54) is 51.4 Å². The molecule has 0 radical (unpaired) electrons. The summed E-state index contributed by atoms with van der Waals surface area (Å²) in [5.41, 5.74) is 0. The van der Waals surface area contributed by atoms with Crippen LogP contribution in [0.1, 0.15) is 155 Å². The molecule has 10 nitrogen and oxygen atoms in total. The SMILES string of the molecule is CCCCC/C=C\C/C=C\CCCCCCCC(=O)OC(CO)COP(=O)(O)OCC(CO)OC(=O)CCCCCCCCCCC. The Morgan fingerprint density at radius 2 is 0.936 bits per heavy atom. The van der Waals surface area contributed by atoms with Gasteiger partial charge in [0.25, 0.3) is 0 Å². The first-order valence-corrected chi connectivity index (χ1v) is 19.8. The summed E-state index contributed by atoms with van der Waals surface area (Å²) in [6.45, 7) is 2.12. The zero-order chi connectivity index (χ0) is 34.9. The molecular weight excluding hydrogens is 623 g/mol. The minimum absolute atomic E-state index is 0.177. The number of aliphatic hydroxyl groups is 2. The van der Waals surface area contributed by atoms with E-state index in [-0.39, 0.29) is 12.8 Å². The minimum Gasteiger partial charge on any atom is -0.457 e. The van der Waals surface area contributed by atoms with Gasteiger partial charge >= 0.3 is 19.8 Å². The number of ether oxygens (including phenoxy) is 2. The van der Waals surface area contributed by atoms with E-state index >= 15 is 0 Å². The highest BCUT2D eigenvalue weighted by Gasteiger charge is 2.27. The molecule has 3 N–H and O–H groups in total. The molecule has 0 saturated carbocycles. The van der Waals surface area contributed by atoms with Crippen molar-refractivity contribution in [3.63, 3.8) is 0 Å². The number of phosphoric acid groups is 1. The van der Waals surface area contributed by atoms with Crippen molar-refractivity contribution in [2.45, 2.75) is 167 Å². The van der Waals surface area contributed by atoms with Crippen molar-refractivity contribution in [2.75, 3.05) is 26.4 Å². The summed E-state index contributed by atoms with van der Waals surface area (Å²) < 4.78 is 32.3. The van der Waals surface area contributed by atoms with Crippen LogP contribution in [0.3, 0.4) is 0 Å². The summed E-state index contributed by atoms with van der Waals surface area (Å²) in [4.78, 5) is 34.2. The van der Waals surface area contributed by atoms with Crippen molar-refractivity contribution < 1.29 is 47.8 Å². The number of unbranched alkanes of at least 4 members (excludes halogenated alkanes) is 16. The standard InChI is InChI=1S/C36H67O10P/c1-3-5-7-9-11-13-14-15-16-17-18-20-22-24-26-28-36(40)46-34(30-38)32-44-47(41,42)43-31-33(29-37)45-35(39)27-25-23-21-19-12-10-8-6-4-2/h11,13,15-16,33-34,37-38H,3-10,12,14,17-32H2,1-2H3,(H,41,42)/b13-11-,16-15-. The van der Waals surface area contributed by atoms with Gasteiger partial charge in [0.1, 0.15) is 12.2 Å². The zero-order valence-corrected chi connectivity index (χ0v) is 30.4. The Morgan fingerprint density at radius 3 is 1.36 bits per heavy atom. The maximum absolute atomic E-state index is 12.3. The molecule has 0 fully saturated rings. The molecule has 0 aromatic carbocycles. The summed E-state index contributed by atoms with van der Waals surface area (Å²) in [6, 6.07) is 0. The van der Waals surface area contributed by atoms with Gasteiger partial charge in [0, 0.05) is 12.8 Å². The fourth-order valence-corrected chi connectivity index (χ4v) is 5.57. The fraction of sp³-hybridized carbons (Fsp3) is 0.833. The van der Waals surface area contributed by atoms with Gasteiger partial charge in [0.15, 0.2) is 0 Å². The Morgan fingerprint density at radius 1 is 0.574 bits per heavy atom. The summed E-state index contributed by atoms with van der Waals surface area (Å²) in [6.07, 6.45) is 28.8. The van der Waals surface area contributed by atoms with Gasteiger partial charge in [-0.05, 0) is 44.9 Å². The number of hydrogen-bond acceptors (Lipinski definition) is 9. The second-order valence-corrected chi connectivity index (χ2v) is 13.7. The molecule has 0 aliphatic heterocycles. The number of allylic oxidation sites excluding steroid dienone is 4. The van der Waals surface area contributed by atoms with E-state index in [4.69, 9.17) is 18.5 Å². The first-order chi connectivity index (χ1) is 22.8. The highest BCUT2D eigenvalue weighted by Crippen LogP contribution is 2.43. The van der Waals surface area contributed by atoms with Crippen molar-refractivity contribution in [3.8, 4) is 0 Å². The number of aliphatic hydroxyl groups excluding tert-OH is 2. The molecule has 0 aromatic rings. The first kappa shape index (κ1) is 45.5. The Kier molecular flexibility index (Phi) is 31.9. The molecule has 11 heteroatoms. The van der Waals surface area contributed by atoms with Gasteiger partial charge in [-0.15, -0.1) is 0 Å². The van der Waals surface area contributed by atoms with Gasteiger partial charge < -0.3 is 24.6 Å². The van der Waals surface area contributed by atoms with Gasteiger partial charge in [0.2, 0.25) is 0 Å². The average molecular weight is 691 g/mol. The van der Waals surface area contributed by atoms with Gasteiger partial charge in [-0.1, -0.05) is 122 Å². The molecule has 0 rings (SSSR count). The lowest BCUT2D eigenvalue weighted by Crippen LogP contribution is -2.28. The topological polar surface area (TPSA) is 149 Å². The molecule has 47 heavy (non-hydrogen) atoms. The van der Waals surface area contributed by atoms with E-state index in [1.807, 2.05) is 0 Å². The maximum Gasteiger partial charge on any atom is 0.472 e. The van der Waals surface area contributed by atoms with E-state index in [9.17, 15) is 29.3 Å². The molecular formula is C36H67O10P. The van der Waals surface area contributed by atoms with Crippen molar-refractivity contribution in [3.05, 3.63) is 24.3 Å². The number of hydrogen-bond donors (Lipinski definition) is 3. The second kappa shape index (κ2) is 33.0. The number of phosphoric ester groups is 1. The quantitative estimate of drug-likeness (QED) is 0.0259. The van der Waals surface area contributed by atoms with Crippen LogP contribution in [0.2, 0.25) is 0 Å². The minimum atomic E-state index is -4.62. The Balaban J connectivity index is 4.02. The van der Waals surface area contributed by atoms with Crippen LogP contribution < -0.4 is 0 Å². The third-order valence-electron chi connectivity index (χ3n) is 7.67. The van der Waals surface area contributed by atoms with Crippen LogP contribution >= 0.6 is 7.82 Å². The van der Waals surface area contributed by atoms with Gasteiger partial charge in [-0.3, -0.25) is 18.6 Å². The van der Waals surface area contributed by atoms with E-state index in [0.717, 1.165) is 64.2 Å². The molecule has 3 unspecified atom stereocenters. The number of esters is 2. The van der Waals surface area contributed by atoms with E-state index < -0.39 is 58.4 Å². The van der Waals surface area contributed by atoms with Gasteiger partial charge in [-0.25, -0.2) is 4.57 Å². The number of carbonyl (C=O) groups is 2. The summed E-state index contributed by atoms with van der Waals surface area (Å²) in [5, 5.41) is 19.0. The molecule has 0 bridgehead atoms. The lowest BCUT2D eigenvalue weighted by atomic mass is 10.1. The monoisotopic (exact) mass is 690 g/mol. The Labute approximate surface area is 285 Å². The van der Waals surface area contributed by atoms with Crippen molar-refractivity contribution in [1.29, 1.82) is 0 Å². The van der Waals surface area contributed by atoms with Crippen LogP contribution in [0.25, 0.3) is 0 Å². The van der Waals surface area contributed by atoms with E-state index in [0.29, 0.717) is 12.8 Å². The smallest absolute Gasteiger partial charge is 0.457 e. The van der Waals surface area contributed by atoms with Crippen LogP contribution in [0.15, 0.2) is 24.3 Å². The predicted molar refractivity (Wildman–Crippen MR) is 187 cm³/mol. The average Bonchev–Trinajstić information content (AvgIpc) is 3.05. The van der Waals surface area contributed by atoms with E-state index in [1.54, 1.807) is 0 Å². The molecule has 3 atom stereocenters. The lowest BCUT2D eigenvalue weighted by molar-refractivity contribution is -0.153. The molecule has 0 heterocycles. The van der Waals surface area contributed by atoms with Gasteiger partial charge in [0.05, 0.1) is 26.4 Å². The fourth-order valence-electron chi connectivity index (χ4n) is 4.79. The molecule has 276 valence electrons. The molecule has 0 spiro atoms. The molecule has 0 saturated heterocycles. The van der Waals surface area contributed by atoms with E-state index in [2.05, 4.69) is 38.2 Å². The summed E-state index contributed by atoms with van der Waals surface area (Å²) in [7, 11) is -4.62. The Bertz CT molecular complexity index is 848. The molecule has 0 aliphatic carbocycles. The van der Waals surface area contributed by atoms with Crippen LogP contribution in [0, 0.1) is 0 Å². The highest BCUT2D eigenvalue weighted by atomic mass is 31.2. The van der Waals surface area contributed by atoms with Crippen molar-refractivity contribution >= 4 is 19.8 Å². The lowest BCUT2D eigenvalue weighted by Gasteiger charge is -2.20. The molecule has 0 aliphatic rings. The highest BCUT2D eigenvalue weighted by molar-refractivity contribution is 7.47. The predicted octanol–water partition coefficient (Wildman–Crippen LogP) is 8.66. The third-order valence-corrected chi connectivity index (χ3v) is 8.62. The van der Waals surface area contributed by atoms with Crippen LogP contribution in [0.5, 0.6) is 0 Å². The zero-order valence-electron chi connectivity index (χ0n) is 29.5. The summed E-state index contributed by atoms with van der Waals surface area (Å²) >= 11 is 0. The largest absolute Gasteiger partial charge is 0.472 e. The normalized spacial score (nSPS) is 14.4. The second-order valence-electron chi connectivity index (χ2n) is 12.2. The van der Waals surface area contributed by atoms with Crippen LogP contribution in [-0.2, 0) is 32.7 Å². The molecule has 0 amide bonds. The van der Waals surface area contributed by atoms with Crippen molar-refractivity contribution in [1.82, 2.24) is 0 Å². The first-order valence-electron chi connectivity index (χ1n) is 18.3. The molecule has 0 aromatic heterocycles.